The number of aromatic nitrogens is 2. The van der Waals surface area contributed by atoms with Gasteiger partial charge in [-0.05, 0) is 37.3 Å². The average molecular weight is 592 g/mol. The molecule has 0 saturated carbocycles. The van der Waals surface area contributed by atoms with Gasteiger partial charge in [0, 0.05) is 41.2 Å². The average Bonchev–Trinajstić information content (AvgIpc) is 3.22. The van der Waals surface area contributed by atoms with Gasteiger partial charge in [0.1, 0.15) is 6.61 Å². The molecule has 0 unspecified atom stereocenters. The van der Waals surface area contributed by atoms with Crippen LogP contribution < -0.4 is 5.43 Å². The van der Waals surface area contributed by atoms with Gasteiger partial charge in [-0.3, -0.25) is 10.2 Å². The maximum atomic E-state index is 13.2. The second-order valence-electron chi connectivity index (χ2n) is 8.60. The van der Waals surface area contributed by atoms with E-state index in [1.165, 1.54) is 0 Å². The van der Waals surface area contributed by atoms with Crippen LogP contribution in [0.1, 0.15) is 28.0 Å². The summed E-state index contributed by atoms with van der Waals surface area (Å²) < 4.78 is 25.1. The van der Waals surface area contributed by atoms with E-state index in [9.17, 15) is 23.3 Å². The van der Waals surface area contributed by atoms with Gasteiger partial charge >= 0.3 is 0 Å². The third-order valence-corrected chi connectivity index (χ3v) is 8.04. The first-order valence-electron chi connectivity index (χ1n) is 11.7. The molecule has 39 heavy (non-hydrogen) atoms. The number of carbonyl (C=O) groups excluding carboxylic acids is 1. The topological polar surface area (TPSA) is 137 Å². The molecule has 1 amide bonds. The summed E-state index contributed by atoms with van der Waals surface area (Å²) in [5.74, 6) is 5.19. The normalized spacial score (nSPS) is 14.7. The van der Waals surface area contributed by atoms with Crippen LogP contribution in [0.4, 0.5) is 0 Å². The molecule has 1 aliphatic rings. The highest BCUT2D eigenvalue weighted by molar-refractivity contribution is 7.91. The van der Waals surface area contributed by atoms with Gasteiger partial charge < -0.3 is 4.84 Å². The molecule has 0 aliphatic carbocycles. The minimum Gasteiger partial charge on any atom is -0.313 e. The van der Waals surface area contributed by atoms with Gasteiger partial charge in [-0.25, -0.2) is 18.1 Å². The molecule has 1 aromatic heterocycles. The van der Waals surface area contributed by atoms with Crippen LogP contribution >= 0.6 is 23.2 Å². The number of hydrogen-bond donors (Lipinski definition) is 1. The maximum Gasteiger partial charge on any atom is 0.294 e. The number of nitrogens with one attached hydrogen (secondary N) is 1. The number of amides is 1. The highest BCUT2D eigenvalue weighted by Gasteiger charge is 2.27. The second-order valence-corrected chi connectivity index (χ2v) is 11.7. The molecule has 0 bridgehead atoms. The molecular formula is C25H23Cl2N5O6S. The maximum absolute atomic E-state index is 13.2. The minimum atomic E-state index is -3.10. The zero-order chi connectivity index (χ0) is 28.2. The predicted molar refractivity (Wildman–Crippen MR) is 146 cm³/mol. The molecule has 2 aromatic carbocycles. The molecule has 14 heteroatoms. The smallest absolute Gasteiger partial charge is 0.294 e. The molecule has 0 radical (unpaired) electrons. The number of hydrazine groups is 1. The predicted octanol–water partition coefficient (Wildman–Crippen LogP) is 3.48. The number of sulfone groups is 1. The molecule has 4 rings (SSSR count). The van der Waals surface area contributed by atoms with Crippen LogP contribution in [0.15, 0.2) is 42.5 Å². The minimum absolute atomic E-state index is 0.0374. The molecule has 204 valence electrons. The Morgan fingerprint density at radius 1 is 1.18 bits per heavy atom. The summed E-state index contributed by atoms with van der Waals surface area (Å²) in [4.78, 5) is 27.7. The first-order chi connectivity index (χ1) is 18.5. The summed E-state index contributed by atoms with van der Waals surface area (Å²) in [7, 11) is -3.10. The lowest BCUT2D eigenvalue weighted by molar-refractivity contribution is -0.757. The van der Waals surface area contributed by atoms with Crippen LogP contribution in [0.5, 0.6) is 0 Å². The number of carbonyl (C=O) groups is 1. The molecule has 1 N–H and O–H groups in total. The van der Waals surface area contributed by atoms with Gasteiger partial charge in [0.05, 0.1) is 27.9 Å². The van der Waals surface area contributed by atoms with Crippen molar-refractivity contribution in [3.63, 3.8) is 0 Å². The Morgan fingerprint density at radius 2 is 1.87 bits per heavy atom. The van der Waals surface area contributed by atoms with Crippen LogP contribution in [-0.4, -0.2) is 65.4 Å². The fraction of sp³-hybridized carbons (Fsp3) is 0.280. The van der Waals surface area contributed by atoms with Gasteiger partial charge in [0.25, 0.3) is 11.0 Å². The largest absolute Gasteiger partial charge is 0.313 e. The van der Waals surface area contributed by atoms with Crippen LogP contribution in [0.2, 0.25) is 10.0 Å². The Hall–Kier alpha value is -3.63. The summed E-state index contributed by atoms with van der Waals surface area (Å²) in [6.45, 7) is 2.02. The Balaban J connectivity index is 1.65. The molecular weight excluding hydrogens is 569 g/mol. The van der Waals surface area contributed by atoms with Crippen LogP contribution in [-0.2, 0) is 14.7 Å². The van der Waals surface area contributed by atoms with Crippen LogP contribution in [0.25, 0.3) is 16.9 Å². The van der Waals surface area contributed by atoms with Crippen molar-refractivity contribution in [1.29, 1.82) is 0 Å². The summed E-state index contributed by atoms with van der Waals surface area (Å²) in [5, 5.41) is 16.3. The van der Waals surface area contributed by atoms with E-state index >= 15 is 0 Å². The molecule has 2 heterocycles. The number of halogens is 2. The van der Waals surface area contributed by atoms with Crippen molar-refractivity contribution in [2.45, 2.75) is 13.3 Å². The zero-order valence-electron chi connectivity index (χ0n) is 20.7. The van der Waals surface area contributed by atoms with Crippen molar-refractivity contribution in [3.8, 4) is 28.8 Å². The summed E-state index contributed by atoms with van der Waals surface area (Å²) in [6.07, 6.45) is 0.199. The molecule has 11 nitrogen and oxygen atoms in total. The number of benzene rings is 2. The van der Waals surface area contributed by atoms with E-state index in [0.717, 1.165) is 5.56 Å². The van der Waals surface area contributed by atoms with E-state index in [2.05, 4.69) is 27.2 Å². The third-order valence-electron chi connectivity index (χ3n) is 5.89. The molecule has 1 aliphatic heterocycles. The highest BCUT2D eigenvalue weighted by atomic mass is 35.5. The van der Waals surface area contributed by atoms with Crippen molar-refractivity contribution in [3.05, 3.63) is 79.4 Å². The van der Waals surface area contributed by atoms with Gasteiger partial charge in [0.2, 0.25) is 0 Å². The van der Waals surface area contributed by atoms with Crippen molar-refractivity contribution in [2.24, 2.45) is 0 Å². The van der Waals surface area contributed by atoms with Crippen LogP contribution in [0.3, 0.4) is 0 Å². The van der Waals surface area contributed by atoms with Gasteiger partial charge in [-0.15, -0.1) is 10.1 Å². The number of nitrogens with zero attached hydrogens (tertiary/aromatic N) is 4. The van der Waals surface area contributed by atoms with Gasteiger partial charge in [-0.2, -0.15) is 5.10 Å². The van der Waals surface area contributed by atoms with E-state index in [4.69, 9.17) is 23.2 Å². The van der Waals surface area contributed by atoms with Gasteiger partial charge in [-0.1, -0.05) is 47.2 Å². The Bertz CT molecular complexity index is 1560. The monoisotopic (exact) mass is 591 g/mol. The van der Waals surface area contributed by atoms with Crippen molar-refractivity contribution >= 4 is 38.9 Å². The fourth-order valence-electron chi connectivity index (χ4n) is 3.95. The first kappa shape index (κ1) is 28.4. The molecule has 0 spiro atoms. The van der Waals surface area contributed by atoms with E-state index < -0.39 is 20.8 Å². The Morgan fingerprint density at radius 3 is 2.51 bits per heavy atom. The molecule has 3 aromatic rings. The van der Waals surface area contributed by atoms with E-state index in [0.29, 0.717) is 32.6 Å². The number of hydrogen-bond acceptors (Lipinski definition) is 8. The number of rotatable bonds is 7. The van der Waals surface area contributed by atoms with E-state index in [1.807, 2.05) is 12.1 Å². The lowest BCUT2D eigenvalue weighted by Gasteiger charge is -2.26. The zero-order valence-corrected chi connectivity index (χ0v) is 23.0. The standard InChI is InChI=1S/C25H23Cl2N5O6S/c1-17-23(25(33)29-30-11-14-39(36,37)15-12-30)28-31(22-10-9-20(26)16-21(22)27)24(17)19-7-5-18(6-8-19)4-2-3-13-38-32(34)35/h5-10,16H,3,11-15H2,1H3,(H,29,33). The van der Waals surface area contributed by atoms with E-state index in [-0.39, 0.29) is 43.3 Å². The quantitative estimate of drug-likeness (QED) is 0.191. The fourth-order valence-corrected chi connectivity index (χ4v) is 5.64. The van der Waals surface area contributed by atoms with Gasteiger partial charge in [0.15, 0.2) is 15.5 Å². The Labute approximate surface area is 234 Å². The van der Waals surface area contributed by atoms with Crippen molar-refractivity contribution in [2.75, 3.05) is 31.2 Å². The molecule has 0 atom stereocenters. The lowest BCUT2D eigenvalue weighted by atomic mass is 10.0. The Kier molecular flexibility index (Phi) is 8.76. The summed E-state index contributed by atoms with van der Waals surface area (Å²) in [5.41, 5.74) is 6.04. The lowest BCUT2D eigenvalue weighted by Crippen LogP contribution is -2.50. The van der Waals surface area contributed by atoms with Crippen molar-refractivity contribution < 1.29 is 23.1 Å². The van der Waals surface area contributed by atoms with Crippen molar-refractivity contribution in [1.82, 2.24) is 20.2 Å². The van der Waals surface area contributed by atoms with Crippen LogP contribution in [0, 0.1) is 28.9 Å². The summed E-state index contributed by atoms with van der Waals surface area (Å²) in [6, 6.07) is 12.1. The van der Waals surface area contributed by atoms with E-state index in [1.54, 1.807) is 46.9 Å². The summed E-state index contributed by atoms with van der Waals surface area (Å²) >= 11 is 12.6. The third kappa shape index (κ3) is 7.07. The second kappa shape index (κ2) is 12.0. The SMILES string of the molecule is Cc1c(C(=O)NN2CCS(=O)(=O)CC2)nn(-c2ccc(Cl)cc2Cl)c1-c1ccc(C#CCCO[N+](=O)[O-])cc1. The highest BCUT2D eigenvalue weighted by Crippen LogP contribution is 2.33. The molecule has 1 fully saturated rings. The first-order valence-corrected chi connectivity index (χ1v) is 14.3. The molecule has 1 saturated heterocycles.